The number of nitrogens with zero attached hydrogens (tertiary/aromatic N) is 3. The molecule has 7 nitrogen and oxygen atoms in total. The molecular weight excluding hydrogens is 318 g/mol. The van der Waals surface area contributed by atoms with Crippen molar-refractivity contribution in [3.05, 3.63) is 57.5 Å². The number of hydrogen-bond acceptors (Lipinski definition) is 5. The van der Waals surface area contributed by atoms with E-state index >= 15 is 0 Å². The molecule has 0 radical (unpaired) electrons. The van der Waals surface area contributed by atoms with Gasteiger partial charge in [-0.3, -0.25) is 19.6 Å². The summed E-state index contributed by atoms with van der Waals surface area (Å²) in [6, 6.07) is 1.91. The summed E-state index contributed by atoms with van der Waals surface area (Å²) in [5.41, 5.74) is 2.10. The van der Waals surface area contributed by atoms with E-state index in [4.69, 9.17) is 0 Å². The topological polar surface area (TPSA) is 88.9 Å². The van der Waals surface area contributed by atoms with Gasteiger partial charge in [0, 0.05) is 18.4 Å². The van der Waals surface area contributed by atoms with Crippen molar-refractivity contribution in [1.82, 2.24) is 25.2 Å². The van der Waals surface area contributed by atoms with Gasteiger partial charge in [-0.1, -0.05) is 0 Å². The SMILES string of the molecule is Cc1cnc(Cn2ccc(C)c(C(=O)NC3CCNCC3)c2=O)cn1. The van der Waals surface area contributed by atoms with Crippen LogP contribution in [0.3, 0.4) is 0 Å². The van der Waals surface area contributed by atoms with Crippen LogP contribution in [0.5, 0.6) is 0 Å². The second kappa shape index (κ2) is 7.57. The van der Waals surface area contributed by atoms with Gasteiger partial charge in [-0.2, -0.15) is 0 Å². The van der Waals surface area contributed by atoms with Gasteiger partial charge in [0.2, 0.25) is 0 Å². The Balaban J connectivity index is 1.82. The van der Waals surface area contributed by atoms with Gasteiger partial charge in [-0.25, -0.2) is 0 Å². The third-order valence-corrected chi connectivity index (χ3v) is 4.44. The molecule has 1 fully saturated rings. The lowest BCUT2D eigenvalue weighted by Crippen LogP contribution is -2.44. The van der Waals surface area contributed by atoms with Gasteiger partial charge >= 0.3 is 0 Å². The van der Waals surface area contributed by atoms with E-state index in [1.165, 1.54) is 4.57 Å². The highest BCUT2D eigenvalue weighted by Crippen LogP contribution is 2.07. The average molecular weight is 341 g/mol. The summed E-state index contributed by atoms with van der Waals surface area (Å²) in [5.74, 6) is -0.293. The van der Waals surface area contributed by atoms with Crippen LogP contribution >= 0.6 is 0 Å². The van der Waals surface area contributed by atoms with Gasteiger partial charge in [-0.15, -0.1) is 0 Å². The number of hydrogen-bond donors (Lipinski definition) is 2. The molecule has 2 aromatic rings. The Kier molecular flexibility index (Phi) is 5.23. The molecule has 0 aromatic carbocycles. The Morgan fingerprint density at radius 1 is 1.28 bits per heavy atom. The fraction of sp³-hybridized carbons (Fsp3) is 0.444. The van der Waals surface area contributed by atoms with Crippen LogP contribution in [-0.2, 0) is 6.54 Å². The van der Waals surface area contributed by atoms with Crippen molar-refractivity contribution in [2.75, 3.05) is 13.1 Å². The summed E-state index contributed by atoms with van der Waals surface area (Å²) in [5, 5.41) is 6.26. The predicted octanol–water partition coefficient (Wildman–Crippen LogP) is 0.785. The number of aromatic nitrogens is 3. The number of amides is 1. The Hall–Kier alpha value is -2.54. The van der Waals surface area contributed by atoms with E-state index < -0.39 is 0 Å². The number of carbonyl (C=O) groups excluding carboxylic acids is 1. The number of aryl methyl sites for hydroxylation is 2. The lowest BCUT2D eigenvalue weighted by atomic mass is 10.1. The van der Waals surface area contributed by atoms with E-state index in [0.717, 1.165) is 31.6 Å². The minimum Gasteiger partial charge on any atom is -0.349 e. The zero-order chi connectivity index (χ0) is 17.8. The Labute approximate surface area is 146 Å². The molecule has 2 aromatic heterocycles. The third-order valence-electron chi connectivity index (χ3n) is 4.44. The zero-order valence-corrected chi connectivity index (χ0v) is 14.6. The first-order chi connectivity index (χ1) is 12.0. The molecule has 1 aliphatic heterocycles. The molecule has 7 heteroatoms. The number of rotatable bonds is 4. The van der Waals surface area contributed by atoms with E-state index in [1.54, 1.807) is 31.6 Å². The molecule has 0 bridgehead atoms. The molecular formula is C18H23N5O2. The molecule has 132 valence electrons. The molecule has 1 aliphatic rings. The van der Waals surface area contributed by atoms with Gasteiger partial charge in [-0.05, 0) is 51.4 Å². The Morgan fingerprint density at radius 2 is 2.04 bits per heavy atom. The lowest BCUT2D eigenvalue weighted by molar-refractivity contribution is 0.0926. The quantitative estimate of drug-likeness (QED) is 0.858. The van der Waals surface area contributed by atoms with Crippen molar-refractivity contribution >= 4 is 5.91 Å². The monoisotopic (exact) mass is 341 g/mol. The summed E-state index contributed by atoms with van der Waals surface area (Å²) in [6.07, 6.45) is 6.77. The highest BCUT2D eigenvalue weighted by Gasteiger charge is 2.20. The summed E-state index contributed by atoms with van der Waals surface area (Å²) < 4.78 is 1.50. The van der Waals surface area contributed by atoms with Crippen LogP contribution in [-0.4, -0.2) is 39.6 Å². The summed E-state index contributed by atoms with van der Waals surface area (Å²) in [4.78, 5) is 33.9. The first kappa shape index (κ1) is 17.3. The smallest absolute Gasteiger partial charge is 0.264 e. The first-order valence-corrected chi connectivity index (χ1v) is 8.54. The predicted molar refractivity (Wildman–Crippen MR) is 94.7 cm³/mol. The minimum absolute atomic E-state index is 0.115. The number of pyridine rings is 1. The second-order valence-corrected chi connectivity index (χ2v) is 6.45. The van der Waals surface area contributed by atoms with Crippen molar-refractivity contribution in [3.63, 3.8) is 0 Å². The standard InChI is InChI=1S/C18H23N5O2/c1-12-5-8-23(11-15-10-20-13(2)9-21-15)18(25)16(12)17(24)22-14-3-6-19-7-4-14/h5,8-10,14,19H,3-4,6-7,11H2,1-2H3,(H,22,24). The van der Waals surface area contributed by atoms with Crippen LogP contribution in [0.2, 0.25) is 0 Å². The minimum atomic E-state index is -0.297. The molecule has 1 amide bonds. The number of carbonyl (C=O) groups is 1. The van der Waals surface area contributed by atoms with E-state index in [0.29, 0.717) is 17.8 Å². The van der Waals surface area contributed by atoms with E-state index in [1.807, 2.05) is 6.92 Å². The van der Waals surface area contributed by atoms with Gasteiger partial charge in [0.15, 0.2) is 0 Å². The van der Waals surface area contributed by atoms with Crippen LogP contribution in [0.1, 0.15) is 40.2 Å². The highest BCUT2D eigenvalue weighted by atomic mass is 16.2. The van der Waals surface area contributed by atoms with E-state index in [-0.39, 0.29) is 23.1 Å². The zero-order valence-electron chi connectivity index (χ0n) is 14.6. The van der Waals surface area contributed by atoms with Crippen molar-refractivity contribution < 1.29 is 4.79 Å². The van der Waals surface area contributed by atoms with Crippen molar-refractivity contribution in [3.8, 4) is 0 Å². The molecule has 3 rings (SSSR count). The van der Waals surface area contributed by atoms with Crippen molar-refractivity contribution in [1.29, 1.82) is 0 Å². The average Bonchev–Trinajstić information content (AvgIpc) is 2.60. The van der Waals surface area contributed by atoms with Gasteiger partial charge in [0.1, 0.15) is 5.56 Å². The molecule has 2 N–H and O–H groups in total. The molecule has 3 heterocycles. The molecule has 0 spiro atoms. The molecule has 1 saturated heterocycles. The molecule has 0 aliphatic carbocycles. The maximum absolute atomic E-state index is 12.8. The lowest BCUT2D eigenvalue weighted by Gasteiger charge is -2.24. The van der Waals surface area contributed by atoms with E-state index in [2.05, 4.69) is 20.6 Å². The largest absolute Gasteiger partial charge is 0.349 e. The second-order valence-electron chi connectivity index (χ2n) is 6.45. The van der Waals surface area contributed by atoms with Crippen molar-refractivity contribution in [2.45, 2.75) is 39.3 Å². The highest BCUT2D eigenvalue weighted by molar-refractivity contribution is 5.95. The van der Waals surface area contributed by atoms with Crippen LogP contribution < -0.4 is 16.2 Å². The summed E-state index contributed by atoms with van der Waals surface area (Å²) >= 11 is 0. The fourth-order valence-electron chi connectivity index (χ4n) is 2.97. The van der Waals surface area contributed by atoms with Gasteiger partial charge < -0.3 is 15.2 Å². The molecule has 0 unspecified atom stereocenters. The van der Waals surface area contributed by atoms with Crippen LogP contribution in [0, 0.1) is 13.8 Å². The molecule has 0 saturated carbocycles. The van der Waals surface area contributed by atoms with Crippen molar-refractivity contribution in [2.24, 2.45) is 0 Å². The maximum Gasteiger partial charge on any atom is 0.264 e. The molecule has 25 heavy (non-hydrogen) atoms. The number of piperidine rings is 1. The number of nitrogens with one attached hydrogen (secondary N) is 2. The Bertz CT molecular complexity index is 807. The normalized spacial score (nSPS) is 15.1. The van der Waals surface area contributed by atoms with Crippen LogP contribution in [0.15, 0.2) is 29.5 Å². The molecule has 0 atom stereocenters. The van der Waals surface area contributed by atoms with Crippen LogP contribution in [0.25, 0.3) is 0 Å². The first-order valence-electron chi connectivity index (χ1n) is 8.54. The Morgan fingerprint density at radius 3 is 2.72 bits per heavy atom. The third kappa shape index (κ3) is 4.11. The summed E-state index contributed by atoms with van der Waals surface area (Å²) in [7, 11) is 0. The van der Waals surface area contributed by atoms with Crippen LogP contribution in [0.4, 0.5) is 0 Å². The van der Waals surface area contributed by atoms with Gasteiger partial charge in [0.25, 0.3) is 11.5 Å². The van der Waals surface area contributed by atoms with Gasteiger partial charge in [0.05, 0.1) is 24.1 Å². The van der Waals surface area contributed by atoms with E-state index in [9.17, 15) is 9.59 Å². The fourth-order valence-corrected chi connectivity index (χ4v) is 2.97. The summed E-state index contributed by atoms with van der Waals surface area (Å²) in [6.45, 7) is 5.71. The maximum atomic E-state index is 12.8.